The molecule has 2 fully saturated rings. The predicted molar refractivity (Wildman–Crippen MR) is 90.8 cm³/mol. The molecule has 0 spiro atoms. The van der Waals surface area contributed by atoms with Crippen LogP contribution >= 0.6 is 0 Å². The average Bonchev–Trinajstić information content (AvgIpc) is 3.11. The van der Waals surface area contributed by atoms with E-state index in [1.807, 2.05) is 13.8 Å². The van der Waals surface area contributed by atoms with Crippen LogP contribution in [0.2, 0.25) is 0 Å². The quantitative estimate of drug-likeness (QED) is 0.787. The van der Waals surface area contributed by atoms with Gasteiger partial charge in [-0.3, -0.25) is 4.79 Å². The number of carboxylic acid groups (broad SMARTS) is 1. The van der Waals surface area contributed by atoms with E-state index in [0.717, 1.165) is 32.1 Å². The van der Waals surface area contributed by atoms with Crippen molar-refractivity contribution in [3.05, 3.63) is 22.8 Å². The van der Waals surface area contributed by atoms with E-state index < -0.39 is 17.8 Å². The third-order valence-corrected chi connectivity index (χ3v) is 6.12. The van der Waals surface area contributed by atoms with Gasteiger partial charge in [-0.05, 0) is 70.6 Å². The Hall–Kier alpha value is -1.58. The van der Waals surface area contributed by atoms with Crippen LogP contribution in [0.15, 0.2) is 22.8 Å². The van der Waals surface area contributed by atoms with Crippen molar-refractivity contribution in [3.8, 4) is 0 Å². The molecule has 4 nitrogen and oxygen atoms in total. The second-order valence-corrected chi connectivity index (χ2v) is 7.77. The molecule has 4 heteroatoms. The first-order valence-corrected chi connectivity index (χ1v) is 9.34. The highest BCUT2D eigenvalue weighted by Crippen LogP contribution is 2.56. The molecule has 0 saturated heterocycles. The number of carbonyl (C=O) groups is 2. The van der Waals surface area contributed by atoms with E-state index in [2.05, 4.69) is 11.4 Å². The molecule has 0 radical (unpaired) electrons. The lowest BCUT2D eigenvalue weighted by Crippen LogP contribution is -2.46. The van der Waals surface area contributed by atoms with Crippen LogP contribution in [0.5, 0.6) is 0 Å². The molecule has 3 rings (SSSR count). The molecule has 4 atom stereocenters. The molecule has 1 N–H and O–H groups in total. The topological polar surface area (TPSA) is 69.2 Å². The number of fused-ring (bicyclic) bond motifs is 2. The molecular weight excluding hydrogens is 302 g/mol. The average molecular weight is 330 g/mol. The molecule has 0 aromatic carbocycles. The molecule has 132 valence electrons. The second-order valence-electron chi connectivity index (χ2n) is 7.77. The molecule has 0 aliphatic heterocycles. The minimum atomic E-state index is -1.06. The lowest BCUT2D eigenvalue weighted by Gasteiger charge is -2.30. The largest absolute Gasteiger partial charge is 0.550 e. The Kier molecular flexibility index (Phi) is 5.12. The summed E-state index contributed by atoms with van der Waals surface area (Å²) in [7, 11) is 0. The number of nitrogens with one attached hydrogen (secondary N) is 1. The van der Waals surface area contributed by atoms with Gasteiger partial charge in [-0.25, -0.2) is 0 Å². The Bertz CT molecular complexity index is 586. The van der Waals surface area contributed by atoms with Crippen molar-refractivity contribution < 1.29 is 14.7 Å². The van der Waals surface area contributed by atoms with E-state index in [-0.39, 0.29) is 17.7 Å². The number of carbonyl (C=O) groups excluding carboxylic acids is 2. The van der Waals surface area contributed by atoms with Crippen LogP contribution in [-0.4, -0.2) is 18.4 Å². The molecule has 3 aliphatic carbocycles. The van der Waals surface area contributed by atoms with Crippen molar-refractivity contribution in [1.82, 2.24) is 5.32 Å². The summed E-state index contributed by atoms with van der Waals surface area (Å²) in [5, 5.41) is 14.7. The van der Waals surface area contributed by atoms with Crippen LogP contribution in [0.1, 0.15) is 58.8 Å². The molecule has 0 aromatic rings. The lowest BCUT2D eigenvalue weighted by atomic mass is 9.78. The van der Waals surface area contributed by atoms with Crippen LogP contribution < -0.4 is 10.4 Å². The molecule has 24 heavy (non-hydrogen) atoms. The Morgan fingerprint density at radius 2 is 1.88 bits per heavy atom. The van der Waals surface area contributed by atoms with Gasteiger partial charge in [-0.2, -0.15) is 0 Å². The summed E-state index contributed by atoms with van der Waals surface area (Å²) < 4.78 is 0. The summed E-state index contributed by atoms with van der Waals surface area (Å²) in [5.41, 5.74) is 3.81. The van der Waals surface area contributed by atoms with Crippen molar-refractivity contribution in [2.75, 3.05) is 6.54 Å². The van der Waals surface area contributed by atoms with E-state index >= 15 is 0 Å². The third-order valence-electron chi connectivity index (χ3n) is 6.12. The monoisotopic (exact) mass is 330 g/mol. The molecule has 1 amide bonds. The number of aliphatic carboxylic acids is 1. The van der Waals surface area contributed by atoms with Gasteiger partial charge < -0.3 is 15.2 Å². The summed E-state index contributed by atoms with van der Waals surface area (Å²) >= 11 is 0. The van der Waals surface area contributed by atoms with Gasteiger partial charge in [0.25, 0.3) is 0 Å². The third kappa shape index (κ3) is 3.15. The molecule has 0 heterocycles. The van der Waals surface area contributed by atoms with Gasteiger partial charge >= 0.3 is 0 Å². The van der Waals surface area contributed by atoms with E-state index in [1.54, 1.807) is 0 Å². The van der Waals surface area contributed by atoms with Gasteiger partial charge in [0.1, 0.15) is 0 Å². The summed E-state index contributed by atoms with van der Waals surface area (Å²) in [6.07, 6.45) is 9.76. The first kappa shape index (κ1) is 17.2. The zero-order valence-electron chi connectivity index (χ0n) is 14.8. The molecule has 2 saturated carbocycles. The minimum absolute atomic E-state index is 0.00167. The molecular formula is C20H28NO3-. The predicted octanol–water partition coefficient (Wildman–Crippen LogP) is 2.35. The van der Waals surface area contributed by atoms with E-state index in [4.69, 9.17) is 0 Å². The van der Waals surface area contributed by atoms with Crippen LogP contribution in [-0.2, 0) is 9.59 Å². The fourth-order valence-corrected chi connectivity index (χ4v) is 5.19. The van der Waals surface area contributed by atoms with Crippen molar-refractivity contribution in [2.45, 2.75) is 58.8 Å². The van der Waals surface area contributed by atoms with Gasteiger partial charge in [0.2, 0.25) is 5.91 Å². The zero-order chi connectivity index (χ0) is 17.3. The van der Waals surface area contributed by atoms with Crippen LogP contribution in [0.4, 0.5) is 0 Å². The van der Waals surface area contributed by atoms with Gasteiger partial charge in [0, 0.05) is 18.4 Å². The molecule has 0 aromatic heterocycles. The van der Waals surface area contributed by atoms with Crippen LogP contribution in [0, 0.1) is 23.7 Å². The Morgan fingerprint density at radius 1 is 1.17 bits per heavy atom. The standard InChI is InChI=1S/C20H29NO3/c1-12(2)16-14-8-9-15(16)18(20(23)24)17(14)19(22)21-11-10-13-6-4-3-5-7-13/h6,14-15,17-18H,3-5,7-11H2,1-2H3,(H,21,22)(H,23,24)/p-1/t14-,15-,17-,18+/m1/s1. The number of allylic oxidation sites excluding steroid dienone is 3. The fraction of sp³-hybridized carbons (Fsp3) is 0.700. The van der Waals surface area contributed by atoms with Crippen LogP contribution in [0.3, 0.4) is 0 Å². The highest BCUT2D eigenvalue weighted by atomic mass is 16.4. The van der Waals surface area contributed by atoms with Crippen molar-refractivity contribution in [1.29, 1.82) is 0 Å². The van der Waals surface area contributed by atoms with Crippen LogP contribution in [0.25, 0.3) is 0 Å². The number of hydrogen-bond acceptors (Lipinski definition) is 3. The maximum atomic E-state index is 12.7. The first-order valence-electron chi connectivity index (χ1n) is 9.34. The molecule has 2 bridgehead atoms. The number of rotatable bonds is 5. The molecule has 0 unspecified atom stereocenters. The number of carboxylic acids is 1. The first-order chi connectivity index (χ1) is 11.5. The molecule has 3 aliphatic rings. The lowest BCUT2D eigenvalue weighted by molar-refractivity contribution is -0.314. The normalized spacial score (nSPS) is 31.8. The van der Waals surface area contributed by atoms with Gasteiger partial charge in [0.05, 0.1) is 5.92 Å². The Balaban J connectivity index is 1.66. The highest BCUT2D eigenvalue weighted by Gasteiger charge is 2.54. The van der Waals surface area contributed by atoms with Crippen molar-refractivity contribution in [3.63, 3.8) is 0 Å². The van der Waals surface area contributed by atoms with E-state index in [0.29, 0.717) is 6.54 Å². The number of hydrogen-bond donors (Lipinski definition) is 1. The smallest absolute Gasteiger partial charge is 0.224 e. The highest BCUT2D eigenvalue weighted by molar-refractivity contribution is 5.87. The maximum Gasteiger partial charge on any atom is 0.224 e. The van der Waals surface area contributed by atoms with Gasteiger partial charge in [-0.1, -0.05) is 22.8 Å². The summed E-state index contributed by atoms with van der Waals surface area (Å²) in [6.45, 7) is 4.67. The fourth-order valence-electron chi connectivity index (χ4n) is 5.19. The van der Waals surface area contributed by atoms with Gasteiger partial charge in [-0.15, -0.1) is 0 Å². The summed E-state index contributed by atoms with van der Waals surface area (Å²) in [5.74, 6) is -2.15. The maximum absolute atomic E-state index is 12.7. The minimum Gasteiger partial charge on any atom is -0.550 e. The zero-order valence-corrected chi connectivity index (χ0v) is 14.8. The van der Waals surface area contributed by atoms with E-state index in [9.17, 15) is 14.7 Å². The number of amides is 1. The van der Waals surface area contributed by atoms with Gasteiger partial charge in [0.15, 0.2) is 0 Å². The second kappa shape index (κ2) is 7.12. The van der Waals surface area contributed by atoms with E-state index in [1.165, 1.54) is 29.6 Å². The Morgan fingerprint density at radius 3 is 2.46 bits per heavy atom. The van der Waals surface area contributed by atoms with Crippen molar-refractivity contribution in [2.24, 2.45) is 23.7 Å². The van der Waals surface area contributed by atoms with Crippen molar-refractivity contribution >= 4 is 11.9 Å². The summed E-state index contributed by atoms with van der Waals surface area (Å²) in [6, 6.07) is 0. The Labute approximate surface area is 144 Å². The SMILES string of the molecule is CC(C)=C1[C@H]2CC[C@H]1[C@@H](C(=O)NCCC1=CCCCC1)[C@H]2C(=O)[O-]. The summed E-state index contributed by atoms with van der Waals surface area (Å²) in [4.78, 5) is 24.4.